The minimum atomic E-state index is 0.137. The van der Waals surface area contributed by atoms with E-state index >= 15 is 0 Å². The molecule has 0 aromatic heterocycles. The summed E-state index contributed by atoms with van der Waals surface area (Å²) in [6.07, 6.45) is 1.07. The van der Waals surface area contributed by atoms with Gasteiger partial charge in [-0.2, -0.15) is 0 Å². The van der Waals surface area contributed by atoms with Crippen LogP contribution in [0.1, 0.15) is 17.2 Å². The number of nitrogens with one attached hydrogen (secondary N) is 1. The maximum absolute atomic E-state index is 9.16. The number of hydrogen-bond donors (Lipinski definition) is 2. The summed E-state index contributed by atoms with van der Waals surface area (Å²) in [6, 6.07) is 6.42. The molecule has 3 heteroatoms. The number of benzene rings is 1. The second-order valence-corrected chi connectivity index (χ2v) is 4.41. The quantitative estimate of drug-likeness (QED) is 0.767. The zero-order valence-electron chi connectivity index (χ0n) is 7.26. The average Bonchev–Trinajstić information content (AvgIpc) is 2.18. The summed E-state index contributed by atoms with van der Waals surface area (Å²) in [5.41, 5.74) is 2.67. The number of fused-ring (bicyclic) bond motifs is 1. The Morgan fingerprint density at radius 1 is 1.54 bits per heavy atom. The van der Waals surface area contributed by atoms with Crippen LogP contribution in [0.15, 0.2) is 18.2 Å². The third-order valence-electron chi connectivity index (χ3n) is 2.48. The Kier molecular flexibility index (Phi) is 2.86. The van der Waals surface area contributed by atoms with Gasteiger partial charge in [0.1, 0.15) is 0 Å². The van der Waals surface area contributed by atoms with Gasteiger partial charge in [0.15, 0.2) is 0 Å². The second kappa shape index (κ2) is 3.94. The first-order valence-electron chi connectivity index (χ1n) is 4.44. The molecule has 13 heavy (non-hydrogen) atoms. The van der Waals surface area contributed by atoms with Crippen LogP contribution >= 0.6 is 22.6 Å². The predicted octanol–water partition coefficient (Wildman–Crippen LogP) is 1.47. The molecule has 1 aromatic carbocycles. The standard InChI is InChI=1S/C10H12INO/c11-9-3-1-2-8-7(9)4-5-12-10(8)6-13/h1-3,10,12-13H,4-6H2. The van der Waals surface area contributed by atoms with Crippen LogP contribution < -0.4 is 5.32 Å². The number of rotatable bonds is 1. The van der Waals surface area contributed by atoms with Gasteiger partial charge in [0.05, 0.1) is 12.6 Å². The maximum atomic E-state index is 9.16. The van der Waals surface area contributed by atoms with Gasteiger partial charge in [-0.25, -0.2) is 0 Å². The highest BCUT2D eigenvalue weighted by atomic mass is 127. The maximum Gasteiger partial charge on any atom is 0.0626 e. The van der Waals surface area contributed by atoms with Crippen molar-refractivity contribution in [3.05, 3.63) is 32.9 Å². The van der Waals surface area contributed by atoms with Crippen LogP contribution in [0.4, 0.5) is 0 Å². The first-order valence-corrected chi connectivity index (χ1v) is 5.52. The van der Waals surface area contributed by atoms with Crippen molar-refractivity contribution in [2.45, 2.75) is 12.5 Å². The number of aliphatic hydroxyl groups excluding tert-OH is 1. The van der Waals surface area contributed by atoms with Crippen LogP contribution in [0.5, 0.6) is 0 Å². The van der Waals surface area contributed by atoms with E-state index in [9.17, 15) is 0 Å². The van der Waals surface area contributed by atoms with E-state index in [0.717, 1.165) is 13.0 Å². The molecule has 0 saturated carbocycles. The molecule has 0 spiro atoms. The van der Waals surface area contributed by atoms with E-state index in [1.165, 1.54) is 14.7 Å². The highest BCUT2D eigenvalue weighted by molar-refractivity contribution is 14.1. The largest absolute Gasteiger partial charge is 0.394 e. The first kappa shape index (κ1) is 9.43. The molecule has 2 rings (SSSR count). The fraction of sp³-hybridized carbons (Fsp3) is 0.400. The number of halogens is 1. The fourth-order valence-electron chi connectivity index (χ4n) is 1.81. The Balaban J connectivity index is 2.45. The molecule has 0 saturated heterocycles. The zero-order valence-corrected chi connectivity index (χ0v) is 9.41. The smallest absolute Gasteiger partial charge is 0.0626 e. The Hall–Kier alpha value is -0.130. The molecule has 1 aromatic rings. The second-order valence-electron chi connectivity index (χ2n) is 3.25. The summed E-state index contributed by atoms with van der Waals surface area (Å²) in [7, 11) is 0. The summed E-state index contributed by atoms with van der Waals surface area (Å²) < 4.78 is 1.31. The Morgan fingerprint density at radius 3 is 3.15 bits per heavy atom. The van der Waals surface area contributed by atoms with Gasteiger partial charge < -0.3 is 10.4 Å². The van der Waals surface area contributed by atoms with E-state index in [-0.39, 0.29) is 12.6 Å². The summed E-state index contributed by atoms with van der Waals surface area (Å²) in [5, 5.41) is 12.5. The van der Waals surface area contributed by atoms with E-state index in [1.807, 2.05) is 0 Å². The molecule has 1 unspecified atom stereocenters. The van der Waals surface area contributed by atoms with Crippen molar-refractivity contribution in [2.24, 2.45) is 0 Å². The normalized spacial score (nSPS) is 21.2. The molecule has 2 nitrogen and oxygen atoms in total. The van der Waals surface area contributed by atoms with Crippen LogP contribution in [0.2, 0.25) is 0 Å². The topological polar surface area (TPSA) is 32.3 Å². The minimum Gasteiger partial charge on any atom is -0.394 e. The monoisotopic (exact) mass is 289 g/mol. The van der Waals surface area contributed by atoms with E-state index < -0.39 is 0 Å². The van der Waals surface area contributed by atoms with Gasteiger partial charge in [0.2, 0.25) is 0 Å². The molecular formula is C10H12INO. The summed E-state index contributed by atoms with van der Waals surface area (Å²) in [6.45, 7) is 1.16. The van der Waals surface area contributed by atoms with Crippen molar-refractivity contribution in [1.29, 1.82) is 0 Å². The van der Waals surface area contributed by atoms with Crippen LogP contribution in [0, 0.1) is 3.57 Å². The molecule has 1 heterocycles. The highest BCUT2D eigenvalue weighted by Crippen LogP contribution is 2.26. The van der Waals surface area contributed by atoms with Crippen molar-refractivity contribution in [3.8, 4) is 0 Å². The van der Waals surface area contributed by atoms with Gasteiger partial charge in [-0.1, -0.05) is 12.1 Å². The lowest BCUT2D eigenvalue weighted by molar-refractivity contribution is 0.240. The number of aliphatic hydroxyl groups is 1. The van der Waals surface area contributed by atoms with Crippen LogP contribution in [-0.2, 0) is 6.42 Å². The van der Waals surface area contributed by atoms with Crippen molar-refractivity contribution >= 4 is 22.6 Å². The van der Waals surface area contributed by atoms with Crippen LogP contribution in [0.3, 0.4) is 0 Å². The minimum absolute atomic E-state index is 0.137. The molecule has 0 amide bonds. The van der Waals surface area contributed by atoms with Crippen LogP contribution in [0.25, 0.3) is 0 Å². The van der Waals surface area contributed by atoms with E-state index in [4.69, 9.17) is 5.11 Å². The Morgan fingerprint density at radius 2 is 2.38 bits per heavy atom. The molecule has 0 fully saturated rings. The van der Waals surface area contributed by atoms with Gasteiger partial charge in [-0.3, -0.25) is 0 Å². The molecule has 1 aliphatic rings. The SMILES string of the molecule is OCC1NCCc2c(I)cccc21. The predicted molar refractivity (Wildman–Crippen MR) is 60.7 cm³/mol. The van der Waals surface area contributed by atoms with Gasteiger partial charge in [-0.15, -0.1) is 0 Å². The summed E-state index contributed by atoms with van der Waals surface area (Å²) in [5.74, 6) is 0. The van der Waals surface area contributed by atoms with Gasteiger partial charge in [0, 0.05) is 3.57 Å². The van der Waals surface area contributed by atoms with Crippen molar-refractivity contribution in [3.63, 3.8) is 0 Å². The van der Waals surface area contributed by atoms with Crippen LogP contribution in [-0.4, -0.2) is 18.3 Å². The molecule has 2 N–H and O–H groups in total. The average molecular weight is 289 g/mol. The van der Waals surface area contributed by atoms with E-state index in [1.54, 1.807) is 0 Å². The van der Waals surface area contributed by atoms with E-state index in [2.05, 4.69) is 46.1 Å². The molecule has 0 bridgehead atoms. The Labute approximate surface area is 91.5 Å². The third kappa shape index (κ3) is 1.73. The summed E-state index contributed by atoms with van der Waals surface area (Å²) >= 11 is 2.36. The van der Waals surface area contributed by atoms with Crippen molar-refractivity contribution in [1.82, 2.24) is 5.32 Å². The van der Waals surface area contributed by atoms with Gasteiger partial charge in [-0.05, 0) is 52.7 Å². The van der Waals surface area contributed by atoms with Gasteiger partial charge >= 0.3 is 0 Å². The zero-order chi connectivity index (χ0) is 9.26. The van der Waals surface area contributed by atoms with Crippen molar-refractivity contribution in [2.75, 3.05) is 13.2 Å². The lowest BCUT2D eigenvalue weighted by atomic mass is 9.95. The number of hydrogen-bond acceptors (Lipinski definition) is 2. The lowest BCUT2D eigenvalue weighted by Crippen LogP contribution is -2.32. The molecule has 1 aliphatic heterocycles. The third-order valence-corrected chi connectivity index (χ3v) is 3.49. The Bertz CT molecular complexity index is 314. The molecule has 1 atom stereocenters. The molecule has 70 valence electrons. The molecular weight excluding hydrogens is 277 g/mol. The van der Waals surface area contributed by atoms with E-state index in [0.29, 0.717) is 0 Å². The first-order chi connectivity index (χ1) is 6.33. The fourth-order valence-corrected chi connectivity index (χ4v) is 2.60. The highest BCUT2D eigenvalue weighted by Gasteiger charge is 2.19. The summed E-state index contributed by atoms with van der Waals surface area (Å²) in [4.78, 5) is 0. The van der Waals surface area contributed by atoms with Gasteiger partial charge in [0.25, 0.3) is 0 Å². The molecule has 0 aliphatic carbocycles. The van der Waals surface area contributed by atoms with Crippen molar-refractivity contribution < 1.29 is 5.11 Å². The molecule has 0 radical (unpaired) electrons. The lowest BCUT2D eigenvalue weighted by Gasteiger charge is -2.26.